The molecule has 0 bridgehead atoms. The topological polar surface area (TPSA) is 58.4 Å². The normalized spacial score (nSPS) is 17.2. The van der Waals surface area contributed by atoms with E-state index in [1.165, 1.54) is 25.0 Å². The van der Waals surface area contributed by atoms with Crippen LogP contribution < -0.4 is 11.1 Å². The Bertz CT molecular complexity index is 513. The zero-order valence-electron chi connectivity index (χ0n) is 13.0. The van der Waals surface area contributed by atoms with E-state index in [-0.39, 0.29) is 17.0 Å². The van der Waals surface area contributed by atoms with Crippen LogP contribution in [0.1, 0.15) is 41.6 Å². The molecule has 1 aliphatic rings. The molecule has 0 radical (unpaired) electrons. The molecule has 1 aliphatic carbocycles. The summed E-state index contributed by atoms with van der Waals surface area (Å²) in [5.41, 5.74) is 6.71. The molecule has 116 valence electrons. The van der Waals surface area contributed by atoms with E-state index in [9.17, 15) is 9.18 Å². The van der Waals surface area contributed by atoms with Gasteiger partial charge in [0.15, 0.2) is 0 Å². The van der Waals surface area contributed by atoms with Gasteiger partial charge in [-0.2, -0.15) is 0 Å². The van der Waals surface area contributed by atoms with E-state index in [2.05, 4.69) is 10.2 Å². The van der Waals surface area contributed by atoms with E-state index in [4.69, 9.17) is 5.73 Å². The maximum atomic E-state index is 13.7. The second kappa shape index (κ2) is 6.02. The lowest BCUT2D eigenvalue weighted by Gasteiger charge is -2.36. The Morgan fingerprint density at radius 3 is 2.52 bits per heavy atom. The van der Waals surface area contributed by atoms with Crippen LogP contribution in [-0.2, 0) is 0 Å². The SMILES string of the molecule is Cc1c(N)cc(C(=O)NCC2(N(C)C)CCCC2)cc1F. The minimum Gasteiger partial charge on any atom is -0.398 e. The number of nitrogen functional groups attached to an aromatic ring is 1. The fraction of sp³-hybridized carbons (Fsp3) is 0.562. The van der Waals surface area contributed by atoms with Gasteiger partial charge in [-0.3, -0.25) is 4.79 Å². The summed E-state index contributed by atoms with van der Waals surface area (Å²) in [6, 6.07) is 2.78. The number of carbonyl (C=O) groups excluding carboxylic acids is 1. The second-order valence-corrected chi connectivity index (χ2v) is 6.18. The largest absolute Gasteiger partial charge is 0.398 e. The van der Waals surface area contributed by atoms with E-state index in [1.807, 2.05) is 14.1 Å². The van der Waals surface area contributed by atoms with Crippen molar-refractivity contribution in [2.45, 2.75) is 38.1 Å². The Balaban J connectivity index is 2.08. The molecule has 0 aliphatic heterocycles. The first-order valence-electron chi connectivity index (χ1n) is 7.37. The molecule has 0 aromatic heterocycles. The number of nitrogens with one attached hydrogen (secondary N) is 1. The molecule has 1 amide bonds. The summed E-state index contributed by atoms with van der Waals surface area (Å²) in [5.74, 6) is -0.711. The highest BCUT2D eigenvalue weighted by Gasteiger charge is 2.36. The van der Waals surface area contributed by atoms with Crippen LogP contribution in [0.15, 0.2) is 12.1 Å². The molecule has 3 N–H and O–H groups in total. The van der Waals surface area contributed by atoms with Gasteiger partial charge >= 0.3 is 0 Å². The van der Waals surface area contributed by atoms with E-state index >= 15 is 0 Å². The van der Waals surface area contributed by atoms with E-state index in [0.29, 0.717) is 17.8 Å². The van der Waals surface area contributed by atoms with Crippen molar-refractivity contribution in [3.63, 3.8) is 0 Å². The minimum atomic E-state index is -0.441. The zero-order chi connectivity index (χ0) is 15.6. The highest BCUT2D eigenvalue weighted by molar-refractivity contribution is 5.95. The zero-order valence-corrected chi connectivity index (χ0v) is 13.0. The van der Waals surface area contributed by atoms with Gasteiger partial charge in [-0.15, -0.1) is 0 Å². The number of hydrogen-bond donors (Lipinski definition) is 2. The van der Waals surface area contributed by atoms with Crippen molar-refractivity contribution >= 4 is 11.6 Å². The van der Waals surface area contributed by atoms with Gasteiger partial charge in [0.25, 0.3) is 5.91 Å². The molecule has 5 heteroatoms. The van der Waals surface area contributed by atoms with Gasteiger partial charge in [0.2, 0.25) is 0 Å². The average molecular weight is 293 g/mol. The van der Waals surface area contributed by atoms with Crippen molar-refractivity contribution in [2.24, 2.45) is 0 Å². The molecule has 0 saturated heterocycles. The molecule has 1 aromatic carbocycles. The van der Waals surface area contributed by atoms with Crippen LogP contribution in [0.3, 0.4) is 0 Å². The monoisotopic (exact) mass is 293 g/mol. The summed E-state index contributed by atoms with van der Waals surface area (Å²) in [6.07, 6.45) is 4.51. The molecule has 21 heavy (non-hydrogen) atoms. The lowest BCUT2D eigenvalue weighted by Crippen LogP contribution is -2.50. The van der Waals surface area contributed by atoms with Crippen LogP contribution in [0.2, 0.25) is 0 Å². The van der Waals surface area contributed by atoms with Crippen molar-refractivity contribution in [3.05, 3.63) is 29.1 Å². The predicted octanol–water partition coefficient (Wildman–Crippen LogP) is 2.32. The third-order valence-corrected chi connectivity index (χ3v) is 4.71. The summed E-state index contributed by atoms with van der Waals surface area (Å²) in [5, 5.41) is 2.93. The van der Waals surface area contributed by atoms with E-state index in [0.717, 1.165) is 12.8 Å². The van der Waals surface area contributed by atoms with Crippen molar-refractivity contribution in [2.75, 3.05) is 26.4 Å². The number of benzene rings is 1. The summed E-state index contributed by atoms with van der Waals surface area (Å²) in [4.78, 5) is 14.4. The smallest absolute Gasteiger partial charge is 0.251 e. The number of nitrogens with zero attached hydrogens (tertiary/aromatic N) is 1. The summed E-state index contributed by atoms with van der Waals surface area (Å²) >= 11 is 0. The molecule has 0 spiro atoms. The van der Waals surface area contributed by atoms with Crippen molar-refractivity contribution < 1.29 is 9.18 Å². The van der Waals surface area contributed by atoms with Crippen molar-refractivity contribution in [3.8, 4) is 0 Å². The lowest BCUT2D eigenvalue weighted by molar-refractivity contribution is 0.0899. The van der Waals surface area contributed by atoms with Crippen LogP contribution in [-0.4, -0.2) is 37.0 Å². The predicted molar refractivity (Wildman–Crippen MR) is 82.8 cm³/mol. The number of nitrogens with two attached hydrogens (primary N) is 1. The molecule has 1 fully saturated rings. The van der Waals surface area contributed by atoms with Gasteiger partial charge in [0, 0.05) is 28.9 Å². The third kappa shape index (κ3) is 3.18. The highest BCUT2D eigenvalue weighted by Crippen LogP contribution is 2.33. The van der Waals surface area contributed by atoms with E-state index < -0.39 is 5.82 Å². The number of rotatable bonds is 4. The van der Waals surface area contributed by atoms with Crippen LogP contribution in [0, 0.1) is 12.7 Å². The molecular formula is C16H24FN3O. The van der Waals surface area contributed by atoms with Crippen LogP contribution in [0.5, 0.6) is 0 Å². The molecular weight excluding hydrogens is 269 g/mol. The van der Waals surface area contributed by atoms with Gasteiger partial charge in [-0.1, -0.05) is 12.8 Å². The Kier molecular flexibility index (Phi) is 4.52. The van der Waals surface area contributed by atoms with Crippen LogP contribution in [0.4, 0.5) is 10.1 Å². The van der Waals surface area contributed by atoms with Gasteiger partial charge < -0.3 is 16.0 Å². The Morgan fingerprint density at radius 2 is 2.00 bits per heavy atom. The standard InChI is InChI=1S/C16H24FN3O/c1-11-13(17)8-12(9-14(11)18)15(21)19-10-16(20(2)3)6-4-5-7-16/h8-9H,4-7,10,18H2,1-3H3,(H,19,21). The van der Waals surface area contributed by atoms with Crippen LogP contribution >= 0.6 is 0 Å². The molecule has 1 saturated carbocycles. The molecule has 0 atom stereocenters. The maximum Gasteiger partial charge on any atom is 0.251 e. The third-order valence-electron chi connectivity index (χ3n) is 4.71. The fourth-order valence-electron chi connectivity index (χ4n) is 2.99. The number of carbonyl (C=O) groups is 1. The van der Waals surface area contributed by atoms with Gasteiger partial charge in [0.05, 0.1) is 0 Å². The highest BCUT2D eigenvalue weighted by atomic mass is 19.1. The lowest BCUT2D eigenvalue weighted by atomic mass is 9.96. The van der Waals surface area contributed by atoms with Gasteiger partial charge in [-0.25, -0.2) is 4.39 Å². The summed E-state index contributed by atoms with van der Waals surface area (Å²) < 4.78 is 13.7. The molecule has 1 aromatic rings. The number of halogens is 1. The fourth-order valence-corrected chi connectivity index (χ4v) is 2.99. The van der Waals surface area contributed by atoms with Crippen LogP contribution in [0.25, 0.3) is 0 Å². The van der Waals surface area contributed by atoms with Gasteiger partial charge in [-0.05, 0) is 46.0 Å². The first-order chi connectivity index (χ1) is 9.85. The Labute approximate surface area is 125 Å². The van der Waals surface area contributed by atoms with Crippen molar-refractivity contribution in [1.82, 2.24) is 10.2 Å². The summed E-state index contributed by atoms with van der Waals surface area (Å²) in [6.45, 7) is 2.18. The summed E-state index contributed by atoms with van der Waals surface area (Å²) in [7, 11) is 4.09. The van der Waals surface area contributed by atoms with E-state index in [1.54, 1.807) is 6.92 Å². The minimum absolute atomic E-state index is 0.0183. The number of anilines is 1. The molecule has 0 unspecified atom stereocenters. The van der Waals surface area contributed by atoms with Gasteiger partial charge in [0.1, 0.15) is 5.82 Å². The second-order valence-electron chi connectivity index (χ2n) is 6.18. The first kappa shape index (κ1) is 15.8. The Morgan fingerprint density at radius 1 is 1.38 bits per heavy atom. The molecule has 0 heterocycles. The molecule has 4 nitrogen and oxygen atoms in total. The maximum absolute atomic E-state index is 13.7. The quantitative estimate of drug-likeness (QED) is 0.838. The first-order valence-corrected chi connectivity index (χ1v) is 7.37. The average Bonchev–Trinajstić information content (AvgIpc) is 2.91. The Hall–Kier alpha value is -1.62. The van der Waals surface area contributed by atoms with Crippen molar-refractivity contribution in [1.29, 1.82) is 0 Å². The number of amides is 1. The number of hydrogen-bond acceptors (Lipinski definition) is 3. The molecule has 2 rings (SSSR count). The number of likely N-dealkylation sites (N-methyl/N-ethyl adjacent to an activating group) is 1.